The third-order valence-electron chi connectivity index (χ3n) is 4.33. The van der Waals surface area contributed by atoms with Gasteiger partial charge in [0.1, 0.15) is 5.82 Å². The number of imidazole rings is 1. The number of nitrogens with zero attached hydrogens (tertiary/aromatic N) is 3. The largest absolute Gasteiger partial charge is 0.330 e. The third-order valence-corrected chi connectivity index (χ3v) is 4.33. The molecular formula is C17H28N4. The summed E-state index contributed by atoms with van der Waals surface area (Å²) in [5, 5.41) is 0. The topological polar surface area (TPSA) is 47.1 Å². The van der Waals surface area contributed by atoms with Crippen molar-refractivity contribution in [3.8, 4) is 0 Å². The van der Waals surface area contributed by atoms with Crippen LogP contribution in [0.1, 0.15) is 39.6 Å². The fourth-order valence-corrected chi connectivity index (χ4v) is 2.84. The van der Waals surface area contributed by atoms with Crippen molar-refractivity contribution in [2.45, 2.75) is 33.7 Å². The molecule has 0 spiro atoms. The molecule has 0 amide bonds. The quantitative estimate of drug-likeness (QED) is 0.889. The number of nitrogens with two attached hydrogens (primary N) is 1. The summed E-state index contributed by atoms with van der Waals surface area (Å²) in [5.74, 6) is 1.12. The molecule has 2 N–H and O–H groups in total. The lowest BCUT2D eigenvalue weighted by molar-refractivity contribution is 0.142. The van der Waals surface area contributed by atoms with Gasteiger partial charge < -0.3 is 10.3 Å². The van der Waals surface area contributed by atoms with Crippen molar-refractivity contribution in [2.24, 2.45) is 18.2 Å². The van der Waals surface area contributed by atoms with E-state index in [1.807, 2.05) is 6.07 Å². The highest BCUT2D eigenvalue weighted by Crippen LogP contribution is 2.26. The first-order chi connectivity index (χ1) is 9.89. The van der Waals surface area contributed by atoms with E-state index >= 15 is 0 Å². The first kappa shape index (κ1) is 16.0. The number of rotatable bonds is 6. The van der Waals surface area contributed by atoms with E-state index in [2.05, 4.69) is 62.4 Å². The number of aryl methyl sites for hydroxylation is 1. The third kappa shape index (κ3) is 3.27. The van der Waals surface area contributed by atoms with Gasteiger partial charge in [-0.25, -0.2) is 4.98 Å². The molecule has 1 aromatic heterocycles. The highest BCUT2D eigenvalue weighted by molar-refractivity contribution is 5.75. The molecule has 0 fully saturated rings. The molecule has 0 radical (unpaired) electrons. The van der Waals surface area contributed by atoms with Gasteiger partial charge >= 0.3 is 0 Å². The van der Waals surface area contributed by atoms with Gasteiger partial charge in [-0.1, -0.05) is 32.9 Å². The molecule has 2 rings (SSSR count). The average Bonchev–Trinajstić information content (AvgIpc) is 2.82. The zero-order valence-electron chi connectivity index (χ0n) is 13.9. The van der Waals surface area contributed by atoms with Crippen LogP contribution in [0.5, 0.6) is 0 Å². The first-order valence-corrected chi connectivity index (χ1v) is 7.75. The molecule has 2 aromatic rings. The van der Waals surface area contributed by atoms with Gasteiger partial charge in [-0.2, -0.15) is 0 Å². The van der Waals surface area contributed by atoms with Gasteiger partial charge in [0.2, 0.25) is 0 Å². The second-order valence-corrected chi connectivity index (χ2v) is 6.63. The zero-order valence-corrected chi connectivity index (χ0v) is 13.9. The molecule has 0 bridgehead atoms. The van der Waals surface area contributed by atoms with Gasteiger partial charge in [0.15, 0.2) is 0 Å². The van der Waals surface area contributed by atoms with Crippen LogP contribution in [0.15, 0.2) is 24.3 Å². The lowest BCUT2D eigenvalue weighted by Gasteiger charge is -2.34. The van der Waals surface area contributed by atoms with Crippen molar-refractivity contribution in [3.63, 3.8) is 0 Å². The molecule has 4 nitrogen and oxygen atoms in total. The van der Waals surface area contributed by atoms with Crippen molar-refractivity contribution in [3.05, 3.63) is 30.1 Å². The van der Waals surface area contributed by atoms with Crippen molar-refractivity contribution in [2.75, 3.05) is 19.6 Å². The van der Waals surface area contributed by atoms with E-state index in [1.54, 1.807) is 0 Å². The molecular weight excluding hydrogens is 260 g/mol. The molecule has 0 saturated carbocycles. The number of hydrogen-bond acceptors (Lipinski definition) is 3. The van der Waals surface area contributed by atoms with E-state index in [0.717, 1.165) is 24.4 Å². The molecule has 1 aromatic carbocycles. The van der Waals surface area contributed by atoms with Crippen LogP contribution < -0.4 is 5.73 Å². The van der Waals surface area contributed by atoms with Gasteiger partial charge in [0.05, 0.1) is 17.1 Å². The average molecular weight is 288 g/mol. The van der Waals surface area contributed by atoms with Gasteiger partial charge in [0, 0.05) is 13.6 Å². The standard InChI is InChI=1S/C17H28N4/c1-6-21(12-17(3,4)11-18)13(2)16-19-14-9-7-8-10-15(14)20(16)5/h7-10,13H,6,11-12,18H2,1-5H3. The number of hydrogen-bond donors (Lipinski definition) is 1. The van der Waals surface area contributed by atoms with Crippen LogP contribution in [-0.4, -0.2) is 34.1 Å². The summed E-state index contributed by atoms with van der Waals surface area (Å²) in [4.78, 5) is 7.28. The van der Waals surface area contributed by atoms with Crippen LogP contribution in [0.25, 0.3) is 11.0 Å². The molecule has 0 aliphatic carbocycles. The summed E-state index contributed by atoms with van der Waals surface area (Å²) in [5.41, 5.74) is 8.27. The summed E-state index contributed by atoms with van der Waals surface area (Å²) >= 11 is 0. The predicted octanol–water partition coefficient (Wildman–Crippen LogP) is 2.94. The van der Waals surface area contributed by atoms with E-state index in [-0.39, 0.29) is 11.5 Å². The molecule has 0 aliphatic rings. The van der Waals surface area contributed by atoms with Crippen LogP contribution in [0.3, 0.4) is 0 Å². The minimum Gasteiger partial charge on any atom is -0.330 e. The van der Waals surface area contributed by atoms with E-state index in [1.165, 1.54) is 5.52 Å². The Hall–Kier alpha value is -1.39. The highest BCUT2D eigenvalue weighted by Gasteiger charge is 2.25. The lowest BCUT2D eigenvalue weighted by Crippen LogP contribution is -2.40. The first-order valence-electron chi connectivity index (χ1n) is 7.75. The Labute approximate surface area is 128 Å². The molecule has 1 unspecified atom stereocenters. The Morgan fingerprint density at radius 3 is 2.57 bits per heavy atom. The van der Waals surface area contributed by atoms with Crippen LogP contribution in [0.4, 0.5) is 0 Å². The van der Waals surface area contributed by atoms with E-state index < -0.39 is 0 Å². The van der Waals surface area contributed by atoms with Crippen molar-refractivity contribution in [1.82, 2.24) is 14.5 Å². The number of fused-ring (bicyclic) bond motifs is 1. The summed E-state index contributed by atoms with van der Waals surface area (Å²) in [7, 11) is 2.10. The van der Waals surface area contributed by atoms with E-state index in [0.29, 0.717) is 6.54 Å². The van der Waals surface area contributed by atoms with Crippen LogP contribution in [0.2, 0.25) is 0 Å². The number of benzene rings is 1. The van der Waals surface area contributed by atoms with E-state index in [9.17, 15) is 0 Å². The summed E-state index contributed by atoms with van der Waals surface area (Å²) in [6.07, 6.45) is 0. The van der Waals surface area contributed by atoms with Gasteiger partial charge in [0.25, 0.3) is 0 Å². The van der Waals surface area contributed by atoms with Crippen LogP contribution in [-0.2, 0) is 7.05 Å². The molecule has 1 heterocycles. The van der Waals surface area contributed by atoms with Gasteiger partial charge in [-0.05, 0) is 37.6 Å². The Kier molecular flexibility index (Phi) is 4.69. The maximum absolute atomic E-state index is 5.89. The normalized spacial score (nSPS) is 14.0. The Morgan fingerprint density at radius 2 is 2.00 bits per heavy atom. The van der Waals surface area contributed by atoms with Crippen LogP contribution in [0, 0.1) is 5.41 Å². The number of para-hydroxylation sites is 2. The zero-order chi connectivity index (χ0) is 15.6. The summed E-state index contributed by atoms with van der Waals surface area (Å²) < 4.78 is 2.21. The lowest BCUT2D eigenvalue weighted by atomic mass is 9.92. The maximum atomic E-state index is 5.89. The fraction of sp³-hybridized carbons (Fsp3) is 0.588. The van der Waals surface area contributed by atoms with E-state index in [4.69, 9.17) is 10.7 Å². The molecule has 4 heteroatoms. The smallest absolute Gasteiger partial charge is 0.126 e. The van der Waals surface area contributed by atoms with Gasteiger partial charge in [-0.15, -0.1) is 0 Å². The Bertz CT molecular complexity index is 600. The minimum absolute atomic E-state index is 0.120. The molecule has 0 saturated heterocycles. The summed E-state index contributed by atoms with van der Waals surface area (Å²) in [6, 6.07) is 8.58. The Morgan fingerprint density at radius 1 is 1.33 bits per heavy atom. The second-order valence-electron chi connectivity index (χ2n) is 6.63. The minimum atomic E-state index is 0.120. The highest BCUT2D eigenvalue weighted by atomic mass is 15.2. The van der Waals surface area contributed by atoms with Crippen molar-refractivity contribution >= 4 is 11.0 Å². The molecule has 21 heavy (non-hydrogen) atoms. The van der Waals surface area contributed by atoms with Crippen LogP contribution >= 0.6 is 0 Å². The molecule has 116 valence electrons. The fourth-order valence-electron chi connectivity index (χ4n) is 2.84. The van der Waals surface area contributed by atoms with Crippen molar-refractivity contribution in [1.29, 1.82) is 0 Å². The van der Waals surface area contributed by atoms with Crippen molar-refractivity contribution < 1.29 is 0 Å². The molecule has 1 atom stereocenters. The summed E-state index contributed by atoms with van der Waals surface area (Å²) in [6.45, 7) is 11.5. The SMILES string of the molecule is CCN(CC(C)(C)CN)C(C)c1nc2ccccc2n1C. The molecule has 0 aliphatic heterocycles. The number of aromatic nitrogens is 2. The van der Waals surface area contributed by atoms with Gasteiger partial charge in [-0.3, -0.25) is 4.90 Å². The second kappa shape index (κ2) is 6.16. The monoisotopic (exact) mass is 288 g/mol. The predicted molar refractivity (Wildman–Crippen MR) is 89.2 cm³/mol. The Balaban J connectivity index is 2.31. The maximum Gasteiger partial charge on any atom is 0.126 e.